The summed E-state index contributed by atoms with van der Waals surface area (Å²) in [7, 11) is 1.63. The molecule has 2 rings (SSSR count). The Balaban J connectivity index is 1.94. The van der Waals surface area contributed by atoms with E-state index in [4.69, 9.17) is 4.74 Å². The predicted octanol–water partition coefficient (Wildman–Crippen LogP) is 3.82. The molecule has 0 atom stereocenters. The molecule has 0 unspecified atom stereocenters. The third kappa shape index (κ3) is 4.23. The van der Waals surface area contributed by atoms with Gasteiger partial charge >= 0.3 is 0 Å². The first-order chi connectivity index (χ1) is 10.1. The fourth-order valence-corrected chi connectivity index (χ4v) is 2.28. The van der Waals surface area contributed by atoms with Gasteiger partial charge in [-0.15, -0.1) is 0 Å². The Morgan fingerprint density at radius 3 is 2.62 bits per heavy atom. The molecule has 2 aromatic rings. The van der Waals surface area contributed by atoms with Gasteiger partial charge in [0.25, 0.3) is 0 Å². The summed E-state index contributed by atoms with van der Waals surface area (Å²) < 4.78 is 6.02. The van der Waals surface area contributed by atoms with Gasteiger partial charge < -0.3 is 15.4 Å². The number of amides is 1. The molecular formula is C16H17BrN2O2. The van der Waals surface area contributed by atoms with E-state index in [-0.39, 0.29) is 12.5 Å². The summed E-state index contributed by atoms with van der Waals surface area (Å²) in [6, 6.07) is 13.2. The maximum atomic E-state index is 12.0. The van der Waals surface area contributed by atoms with Crippen molar-refractivity contribution in [3.05, 3.63) is 52.5 Å². The Morgan fingerprint density at radius 2 is 1.95 bits per heavy atom. The lowest BCUT2D eigenvalue weighted by Crippen LogP contribution is -2.22. The van der Waals surface area contributed by atoms with Crippen molar-refractivity contribution in [3.63, 3.8) is 0 Å². The second-order valence-electron chi connectivity index (χ2n) is 4.56. The van der Waals surface area contributed by atoms with E-state index in [1.807, 2.05) is 49.4 Å². The van der Waals surface area contributed by atoms with Crippen LogP contribution in [0.1, 0.15) is 5.56 Å². The fraction of sp³-hybridized carbons (Fsp3) is 0.188. The molecule has 5 heteroatoms. The predicted molar refractivity (Wildman–Crippen MR) is 89.0 cm³/mol. The molecule has 4 nitrogen and oxygen atoms in total. The second-order valence-corrected chi connectivity index (χ2v) is 5.42. The van der Waals surface area contributed by atoms with Crippen LogP contribution >= 0.6 is 15.9 Å². The van der Waals surface area contributed by atoms with Crippen LogP contribution in [0.2, 0.25) is 0 Å². The number of hydrogen-bond donors (Lipinski definition) is 2. The molecule has 2 aromatic carbocycles. The third-order valence-corrected chi connectivity index (χ3v) is 3.71. The smallest absolute Gasteiger partial charge is 0.243 e. The quantitative estimate of drug-likeness (QED) is 0.863. The van der Waals surface area contributed by atoms with Crippen LogP contribution in [-0.2, 0) is 4.79 Å². The molecule has 0 saturated heterocycles. The molecule has 0 fully saturated rings. The molecular weight excluding hydrogens is 332 g/mol. The lowest BCUT2D eigenvalue weighted by molar-refractivity contribution is -0.114. The van der Waals surface area contributed by atoms with Crippen LogP contribution in [0.15, 0.2) is 46.9 Å². The number of methoxy groups -OCH3 is 1. The molecule has 0 aromatic heterocycles. The van der Waals surface area contributed by atoms with Gasteiger partial charge in [-0.3, -0.25) is 4.79 Å². The molecule has 0 aliphatic heterocycles. The van der Waals surface area contributed by atoms with E-state index in [1.165, 1.54) is 0 Å². The lowest BCUT2D eigenvalue weighted by atomic mass is 10.2. The summed E-state index contributed by atoms with van der Waals surface area (Å²) >= 11 is 3.40. The Morgan fingerprint density at radius 1 is 1.19 bits per heavy atom. The Labute approximate surface area is 132 Å². The van der Waals surface area contributed by atoms with Crippen LogP contribution < -0.4 is 15.4 Å². The van der Waals surface area contributed by atoms with Crippen molar-refractivity contribution >= 4 is 33.2 Å². The maximum absolute atomic E-state index is 12.0. The minimum atomic E-state index is -0.0999. The molecule has 0 spiro atoms. The number of nitrogens with one attached hydrogen (secondary N) is 2. The van der Waals surface area contributed by atoms with Crippen LogP contribution in [0.4, 0.5) is 11.4 Å². The van der Waals surface area contributed by atoms with E-state index in [2.05, 4.69) is 26.6 Å². The topological polar surface area (TPSA) is 50.4 Å². The SMILES string of the molecule is COc1ccc(NCC(=O)Nc2ccccc2Br)c(C)c1. The zero-order valence-electron chi connectivity index (χ0n) is 11.9. The monoisotopic (exact) mass is 348 g/mol. The fourth-order valence-electron chi connectivity index (χ4n) is 1.89. The molecule has 110 valence electrons. The maximum Gasteiger partial charge on any atom is 0.243 e. The number of ether oxygens (including phenoxy) is 1. The zero-order chi connectivity index (χ0) is 15.2. The molecule has 0 saturated carbocycles. The average Bonchev–Trinajstić information content (AvgIpc) is 2.48. The van der Waals surface area contributed by atoms with Crippen molar-refractivity contribution in [2.24, 2.45) is 0 Å². The van der Waals surface area contributed by atoms with Gasteiger partial charge in [-0.1, -0.05) is 12.1 Å². The highest BCUT2D eigenvalue weighted by molar-refractivity contribution is 9.10. The molecule has 21 heavy (non-hydrogen) atoms. The first-order valence-electron chi connectivity index (χ1n) is 6.53. The highest BCUT2D eigenvalue weighted by Crippen LogP contribution is 2.22. The van der Waals surface area contributed by atoms with Crippen molar-refractivity contribution < 1.29 is 9.53 Å². The van der Waals surface area contributed by atoms with Crippen molar-refractivity contribution in [1.82, 2.24) is 0 Å². The van der Waals surface area contributed by atoms with E-state index < -0.39 is 0 Å². The first-order valence-corrected chi connectivity index (χ1v) is 7.32. The van der Waals surface area contributed by atoms with Crippen LogP contribution in [0.25, 0.3) is 0 Å². The molecule has 0 radical (unpaired) electrons. The summed E-state index contributed by atoms with van der Waals surface area (Å²) in [6.07, 6.45) is 0. The number of para-hydroxylation sites is 1. The van der Waals surface area contributed by atoms with Crippen LogP contribution in [0, 0.1) is 6.92 Å². The van der Waals surface area contributed by atoms with Crippen LogP contribution in [0.3, 0.4) is 0 Å². The van der Waals surface area contributed by atoms with Crippen molar-refractivity contribution in [3.8, 4) is 5.75 Å². The first kappa shape index (κ1) is 15.4. The number of carbonyl (C=O) groups is 1. The van der Waals surface area contributed by atoms with Crippen molar-refractivity contribution in [2.45, 2.75) is 6.92 Å². The van der Waals surface area contributed by atoms with Gasteiger partial charge in [-0.2, -0.15) is 0 Å². The molecule has 0 aliphatic carbocycles. The number of rotatable bonds is 5. The number of hydrogen-bond acceptors (Lipinski definition) is 3. The second kappa shape index (κ2) is 7.13. The van der Waals surface area contributed by atoms with E-state index in [9.17, 15) is 4.79 Å². The highest BCUT2D eigenvalue weighted by atomic mass is 79.9. The molecule has 1 amide bonds. The molecule has 0 bridgehead atoms. The van der Waals surface area contributed by atoms with Gasteiger partial charge in [-0.25, -0.2) is 0 Å². The zero-order valence-corrected chi connectivity index (χ0v) is 13.5. The number of aryl methyl sites for hydroxylation is 1. The molecule has 2 N–H and O–H groups in total. The van der Waals surface area contributed by atoms with Crippen molar-refractivity contribution in [2.75, 3.05) is 24.3 Å². The summed E-state index contributed by atoms with van der Waals surface area (Å²) in [5.74, 6) is 0.702. The number of carbonyl (C=O) groups excluding carboxylic acids is 1. The van der Waals surface area contributed by atoms with Crippen molar-refractivity contribution in [1.29, 1.82) is 0 Å². The molecule has 0 aliphatic rings. The average molecular weight is 349 g/mol. The van der Waals surface area contributed by atoms with E-state index in [1.54, 1.807) is 7.11 Å². The van der Waals surface area contributed by atoms with Gasteiger partial charge in [0, 0.05) is 10.2 Å². The van der Waals surface area contributed by atoms with E-state index in [0.717, 1.165) is 27.2 Å². The minimum absolute atomic E-state index is 0.0999. The van der Waals surface area contributed by atoms with Gasteiger partial charge in [0.05, 0.1) is 19.3 Å². The van der Waals surface area contributed by atoms with Gasteiger partial charge in [0.1, 0.15) is 5.75 Å². The summed E-state index contributed by atoms with van der Waals surface area (Å²) in [6.45, 7) is 2.17. The standard InChI is InChI=1S/C16H17BrN2O2/c1-11-9-12(21-2)7-8-14(11)18-10-16(20)19-15-6-4-3-5-13(15)17/h3-9,18H,10H2,1-2H3,(H,19,20). The number of benzene rings is 2. The van der Waals surface area contributed by atoms with Gasteiger partial charge in [-0.05, 0) is 58.7 Å². The Bertz CT molecular complexity index is 644. The largest absolute Gasteiger partial charge is 0.497 e. The third-order valence-electron chi connectivity index (χ3n) is 3.02. The molecule has 0 heterocycles. The van der Waals surface area contributed by atoms with E-state index in [0.29, 0.717) is 0 Å². The van der Waals surface area contributed by atoms with Crippen LogP contribution in [-0.4, -0.2) is 19.6 Å². The van der Waals surface area contributed by atoms with Gasteiger partial charge in [0.2, 0.25) is 5.91 Å². The normalized spacial score (nSPS) is 10.0. The summed E-state index contributed by atoms with van der Waals surface area (Å²) in [4.78, 5) is 12.0. The van der Waals surface area contributed by atoms with Crippen LogP contribution in [0.5, 0.6) is 5.75 Å². The Kier molecular flexibility index (Phi) is 5.22. The minimum Gasteiger partial charge on any atom is -0.497 e. The highest BCUT2D eigenvalue weighted by Gasteiger charge is 2.06. The summed E-state index contributed by atoms with van der Waals surface area (Å²) in [5, 5.41) is 5.97. The summed E-state index contributed by atoms with van der Waals surface area (Å²) in [5.41, 5.74) is 2.71. The van der Waals surface area contributed by atoms with E-state index >= 15 is 0 Å². The number of anilines is 2. The van der Waals surface area contributed by atoms with Gasteiger partial charge in [0.15, 0.2) is 0 Å². The Hall–Kier alpha value is -2.01. The number of halogens is 1. The lowest BCUT2D eigenvalue weighted by Gasteiger charge is -2.11.